The Bertz CT molecular complexity index is 299. The fourth-order valence-electron chi connectivity index (χ4n) is 2.02. The number of rotatable bonds is 2. The van der Waals surface area contributed by atoms with Gasteiger partial charge in [0.15, 0.2) is 0 Å². The van der Waals surface area contributed by atoms with E-state index in [4.69, 9.17) is 0 Å². The number of aliphatic hydroxyl groups is 1. The molecule has 1 heterocycles. The highest BCUT2D eigenvalue weighted by Crippen LogP contribution is 2.28. The van der Waals surface area contributed by atoms with Gasteiger partial charge < -0.3 is 10.4 Å². The van der Waals surface area contributed by atoms with E-state index in [9.17, 15) is 5.11 Å². The molecule has 14 heavy (non-hydrogen) atoms. The zero-order chi connectivity index (χ0) is 9.97. The molecule has 0 aliphatic carbocycles. The normalized spacial score (nSPS) is 26.7. The molecular weight excluding hydrogens is 242 g/mol. The van der Waals surface area contributed by atoms with Gasteiger partial charge in [0, 0.05) is 36.0 Å². The van der Waals surface area contributed by atoms with Gasteiger partial charge in [-0.2, -0.15) is 0 Å². The van der Waals surface area contributed by atoms with Crippen molar-refractivity contribution in [1.82, 2.24) is 5.32 Å². The molecule has 0 aromatic heterocycles. The van der Waals surface area contributed by atoms with E-state index in [1.165, 1.54) is 5.56 Å². The van der Waals surface area contributed by atoms with Crippen LogP contribution in [0.25, 0.3) is 0 Å². The van der Waals surface area contributed by atoms with E-state index in [0.29, 0.717) is 11.8 Å². The van der Waals surface area contributed by atoms with Gasteiger partial charge in [0.25, 0.3) is 0 Å². The maximum atomic E-state index is 9.20. The molecule has 3 heteroatoms. The minimum atomic E-state index is 0.272. The summed E-state index contributed by atoms with van der Waals surface area (Å²) in [5, 5.41) is 12.5. The number of aliphatic hydroxyl groups excluding tert-OH is 1. The maximum Gasteiger partial charge on any atom is 0.0477 e. The van der Waals surface area contributed by atoms with Crippen molar-refractivity contribution >= 4 is 15.9 Å². The Balaban J connectivity index is 2.17. The van der Waals surface area contributed by atoms with Gasteiger partial charge in [0.2, 0.25) is 0 Å². The minimum absolute atomic E-state index is 0.272. The summed E-state index contributed by atoms with van der Waals surface area (Å²) in [4.78, 5) is 0. The Kier molecular flexibility index (Phi) is 3.21. The Labute approximate surface area is 92.5 Å². The van der Waals surface area contributed by atoms with Gasteiger partial charge in [-0.25, -0.2) is 0 Å². The van der Waals surface area contributed by atoms with Crippen LogP contribution in [0.4, 0.5) is 0 Å². The van der Waals surface area contributed by atoms with Crippen LogP contribution < -0.4 is 5.32 Å². The van der Waals surface area contributed by atoms with Gasteiger partial charge in [-0.05, 0) is 17.7 Å². The third kappa shape index (κ3) is 2.00. The first-order chi connectivity index (χ1) is 6.81. The van der Waals surface area contributed by atoms with Crippen molar-refractivity contribution in [3.63, 3.8) is 0 Å². The van der Waals surface area contributed by atoms with Gasteiger partial charge in [-0.3, -0.25) is 0 Å². The molecule has 1 aliphatic heterocycles. The second kappa shape index (κ2) is 4.43. The quantitative estimate of drug-likeness (QED) is 0.844. The molecule has 2 rings (SSSR count). The first kappa shape index (κ1) is 10.1. The molecule has 0 saturated carbocycles. The molecule has 0 spiro atoms. The highest BCUT2D eigenvalue weighted by Gasteiger charge is 2.27. The number of halogens is 1. The van der Waals surface area contributed by atoms with Crippen LogP contribution >= 0.6 is 15.9 Å². The van der Waals surface area contributed by atoms with E-state index in [0.717, 1.165) is 17.6 Å². The molecule has 1 aromatic carbocycles. The Hall–Kier alpha value is -0.380. The van der Waals surface area contributed by atoms with Crippen molar-refractivity contribution in [2.45, 2.75) is 5.92 Å². The predicted molar refractivity (Wildman–Crippen MR) is 60.3 cm³/mol. The molecule has 0 unspecified atom stereocenters. The van der Waals surface area contributed by atoms with Crippen LogP contribution in [-0.2, 0) is 0 Å². The monoisotopic (exact) mass is 255 g/mol. The fourth-order valence-corrected chi connectivity index (χ4v) is 2.29. The molecule has 0 radical (unpaired) electrons. The first-order valence-corrected chi connectivity index (χ1v) is 5.67. The molecule has 76 valence electrons. The van der Waals surface area contributed by atoms with Crippen molar-refractivity contribution in [1.29, 1.82) is 0 Å². The van der Waals surface area contributed by atoms with Crippen LogP contribution in [0.5, 0.6) is 0 Å². The lowest BCUT2D eigenvalue weighted by molar-refractivity contribution is 0.226. The molecule has 1 saturated heterocycles. The minimum Gasteiger partial charge on any atom is -0.396 e. The van der Waals surface area contributed by atoms with Crippen molar-refractivity contribution in [2.24, 2.45) is 5.92 Å². The first-order valence-electron chi connectivity index (χ1n) is 4.88. The topological polar surface area (TPSA) is 32.3 Å². The molecule has 1 fully saturated rings. The lowest BCUT2D eigenvalue weighted by atomic mass is 9.90. The van der Waals surface area contributed by atoms with Crippen LogP contribution in [0.2, 0.25) is 0 Å². The molecule has 2 N–H and O–H groups in total. The van der Waals surface area contributed by atoms with E-state index >= 15 is 0 Å². The molecule has 1 aliphatic rings. The van der Waals surface area contributed by atoms with Crippen molar-refractivity contribution in [2.75, 3.05) is 19.7 Å². The zero-order valence-electron chi connectivity index (χ0n) is 7.91. The molecule has 2 nitrogen and oxygen atoms in total. The molecule has 0 amide bonds. The van der Waals surface area contributed by atoms with E-state index in [1.807, 2.05) is 0 Å². The van der Waals surface area contributed by atoms with Crippen molar-refractivity contribution in [3.8, 4) is 0 Å². The summed E-state index contributed by atoms with van der Waals surface area (Å²) < 4.78 is 1.10. The number of hydrogen-bond donors (Lipinski definition) is 2. The second-order valence-corrected chi connectivity index (χ2v) is 4.67. The van der Waals surface area contributed by atoms with Crippen LogP contribution in [0.3, 0.4) is 0 Å². The van der Waals surface area contributed by atoms with Crippen LogP contribution in [-0.4, -0.2) is 24.8 Å². The molecule has 2 atom stereocenters. The largest absolute Gasteiger partial charge is 0.396 e. The van der Waals surface area contributed by atoms with E-state index in [1.54, 1.807) is 0 Å². The number of benzene rings is 1. The van der Waals surface area contributed by atoms with Gasteiger partial charge >= 0.3 is 0 Å². The Morgan fingerprint density at radius 2 is 2.00 bits per heavy atom. The Morgan fingerprint density at radius 1 is 1.29 bits per heavy atom. The number of nitrogens with one attached hydrogen (secondary N) is 1. The number of hydrogen-bond acceptors (Lipinski definition) is 2. The lowest BCUT2D eigenvalue weighted by Gasteiger charge is -2.16. The van der Waals surface area contributed by atoms with E-state index < -0.39 is 0 Å². The average Bonchev–Trinajstić information content (AvgIpc) is 2.67. The summed E-state index contributed by atoms with van der Waals surface area (Å²) in [6, 6.07) is 8.37. The van der Waals surface area contributed by atoms with Gasteiger partial charge in [0.05, 0.1) is 0 Å². The highest BCUT2D eigenvalue weighted by atomic mass is 79.9. The summed E-state index contributed by atoms with van der Waals surface area (Å²) in [7, 11) is 0. The van der Waals surface area contributed by atoms with Gasteiger partial charge in [-0.1, -0.05) is 28.1 Å². The van der Waals surface area contributed by atoms with Crippen molar-refractivity contribution < 1.29 is 5.11 Å². The SMILES string of the molecule is OC[C@H]1CNC[C@H]1c1ccc(Br)cc1. The zero-order valence-corrected chi connectivity index (χ0v) is 9.50. The third-order valence-corrected chi connectivity index (χ3v) is 3.40. The van der Waals surface area contributed by atoms with Gasteiger partial charge in [-0.15, -0.1) is 0 Å². The van der Waals surface area contributed by atoms with Crippen LogP contribution in [0.15, 0.2) is 28.7 Å². The van der Waals surface area contributed by atoms with Gasteiger partial charge in [0.1, 0.15) is 0 Å². The lowest BCUT2D eigenvalue weighted by Crippen LogP contribution is -2.14. The van der Waals surface area contributed by atoms with Crippen LogP contribution in [0.1, 0.15) is 11.5 Å². The third-order valence-electron chi connectivity index (χ3n) is 2.87. The summed E-state index contributed by atoms with van der Waals surface area (Å²) >= 11 is 3.42. The summed E-state index contributed by atoms with van der Waals surface area (Å²) in [6.07, 6.45) is 0. The second-order valence-electron chi connectivity index (χ2n) is 3.76. The predicted octanol–water partition coefficient (Wildman–Crippen LogP) is 1.74. The van der Waals surface area contributed by atoms with E-state index in [-0.39, 0.29) is 6.61 Å². The van der Waals surface area contributed by atoms with E-state index in [2.05, 4.69) is 45.5 Å². The summed E-state index contributed by atoms with van der Waals surface area (Å²) in [6.45, 7) is 2.18. The maximum absolute atomic E-state index is 9.20. The average molecular weight is 256 g/mol. The van der Waals surface area contributed by atoms with Crippen LogP contribution in [0, 0.1) is 5.92 Å². The molecule has 0 bridgehead atoms. The summed E-state index contributed by atoms with van der Waals surface area (Å²) in [5.74, 6) is 0.837. The fraction of sp³-hybridized carbons (Fsp3) is 0.455. The highest BCUT2D eigenvalue weighted by molar-refractivity contribution is 9.10. The van der Waals surface area contributed by atoms with Crippen molar-refractivity contribution in [3.05, 3.63) is 34.3 Å². The Morgan fingerprint density at radius 3 is 2.64 bits per heavy atom. The smallest absolute Gasteiger partial charge is 0.0477 e. The molecular formula is C11H14BrNO. The standard InChI is InChI=1S/C11H14BrNO/c12-10-3-1-8(2-4-10)11-6-13-5-9(11)7-14/h1-4,9,11,13-14H,5-7H2/t9-,11+/m1/s1. The molecule has 1 aromatic rings. The summed E-state index contributed by atoms with van der Waals surface area (Å²) in [5.41, 5.74) is 1.32.